The molecule has 0 unspecified atom stereocenters. The Bertz CT molecular complexity index is 671. The molecule has 0 saturated heterocycles. The highest BCUT2D eigenvalue weighted by molar-refractivity contribution is 8.01. The van der Waals surface area contributed by atoms with Gasteiger partial charge in [-0.25, -0.2) is 0 Å². The van der Waals surface area contributed by atoms with Crippen LogP contribution in [0.2, 0.25) is 10.0 Å². The highest BCUT2D eigenvalue weighted by Gasteiger charge is 2.16. The molecule has 5 nitrogen and oxygen atoms in total. The molecule has 0 radical (unpaired) electrons. The van der Waals surface area contributed by atoms with Gasteiger partial charge in [0.1, 0.15) is 0 Å². The summed E-state index contributed by atoms with van der Waals surface area (Å²) in [6.45, 7) is 4.51. The van der Waals surface area contributed by atoms with Crippen LogP contribution in [-0.4, -0.2) is 28.5 Å². The number of thioether (sulfide) groups is 1. The summed E-state index contributed by atoms with van der Waals surface area (Å²) in [5.41, 5.74) is 0.337. The standard InChI is InChI=1S/C14H15Cl2N3O2S2/c1-3-5-21-11-9(15)6-8(7-10(11)16)12(20)17-13-18-19-14(23-13)22-4-2/h6-7H,3-5H2,1-2H3,(H,17,18,20). The molecular weight excluding hydrogens is 377 g/mol. The lowest BCUT2D eigenvalue weighted by Crippen LogP contribution is -2.12. The van der Waals surface area contributed by atoms with E-state index < -0.39 is 0 Å². The van der Waals surface area contributed by atoms with Gasteiger partial charge in [0.2, 0.25) is 5.13 Å². The molecule has 0 aliphatic carbocycles. The Labute approximate surface area is 152 Å². The van der Waals surface area contributed by atoms with Gasteiger partial charge in [0, 0.05) is 5.56 Å². The molecule has 0 fully saturated rings. The first-order chi connectivity index (χ1) is 11.0. The minimum absolute atomic E-state index is 0.301. The number of halogens is 2. The summed E-state index contributed by atoms with van der Waals surface area (Å²) in [5.74, 6) is 0.942. The number of amides is 1. The van der Waals surface area contributed by atoms with Crippen LogP contribution >= 0.6 is 46.3 Å². The molecule has 0 spiro atoms. The summed E-state index contributed by atoms with van der Waals surface area (Å²) < 4.78 is 6.29. The van der Waals surface area contributed by atoms with Gasteiger partial charge in [0.05, 0.1) is 16.7 Å². The van der Waals surface area contributed by atoms with Gasteiger partial charge >= 0.3 is 0 Å². The van der Waals surface area contributed by atoms with Gasteiger partial charge in [-0.1, -0.05) is 60.1 Å². The highest BCUT2D eigenvalue weighted by atomic mass is 35.5. The number of carbonyl (C=O) groups is 1. The Morgan fingerprint density at radius 2 is 2.00 bits per heavy atom. The normalized spacial score (nSPS) is 10.6. The van der Waals surface area contributed by atoms with E-state index in [1.807, 2.05) is 13.8 Å². The van der Waals surface area contributed by atoms with Gasteiger partial charge in [0.15, 0.2) is 10.1 Å². The number of carbonyl (C=O) groups excluding carboxylic acids is 1. The van der Waals surface area contributed by atoms with E-state index in [1.54, 1.807) is 11.8 Å². The zero-order chi connectivity index (χ0) is 16.8. The van der Waals surface area contributed by atoms with Crippen LogP contribution in [0, 0.1) is 0 Å². The lowest BCUT2D eigenvalue weighted by molar-refractivity contribution is 0.102. The lowest BCUT2D eigenvalue weighted by Gasteiger charge is -2.10. The fourth-order valence-corrected chi connectivity index (χ4v) is 3.88. The minimum atomic E-state index is -0.347. The van der Waals surface area contributed by atoms with Crippen LogP contribution in [0.3, 0.4) is 0 Å². The van der Waals surface area contributed by atoms with Crippen molar-refractivity contribution in [2.24, 2.45) is 0 Å². The van der Waals surface area contributed by atoms with E-state index in [9.17, 15) is 4.79 Å². The van der Waals surface area contributed by atoms with Gasteiger partial charge in [-0.05, 0) is 24.3 Å². The molecule has 1 N–H and O–H groups in total. The first-order valence-electron chi connectivity index (χ1n) is 6.94. The molecule has 1 aromatic heterocycles. The highest BCUT2D eigenvalue weighted by Crippen LogP contribution is 2.34. The predicted molar refractivity (Wildman–Crippen MR) is 96.5 cm³/mol. The number of rotatable bonds is 7. The van der Waals surface area contributed by atoms with Crippen molar-refractivity contribution in [3.05, 3.63) is 27.7 Å². The predicted octanol–water partition coefficient (Wildman–Crippen LogP) is 5.00. The van der Waals surface area contributed by atoms with Crippen molar-refractivity contribution in [1.29, 1.82) is 0 Å². The number of anilines is 1. The second-order valence-electron chi connectivity index (χ2n) is 4.38. The largest absolute Gasteiger partial charge is 0.490 e. The van der Waals surface area contributed by atoms with Gasteiger partial charge in [-0.2, -0.15) is 0 Å². The van der Waals surface area contributed by atoms with Crippen molar-refractivity contribution >= 4 is 57.3 Å². The van der Waals surface area contributed by atoms with E-state index in [4.69, 9.17) is 27.9 Å². The molecule has 9 heteroatoms. The Morgan fingerprint density at radius 3 is 2.61 bits per heavy atom. The molecule has 1 aromatic carbocycles. The zero-order valence-electron chi connectivity index (χ0n) is 12.6. The number of ether oxygens (including phenoxy) is 1. The van der Waals surface area contributed by atoms with Crippen molar-refractivity contribution in [1.82, 2.24) is 10.2 Å². The van der Waals surface area contributed by atoms with Gasteiger partial charge in [-0.15, -0.1) is 10.2 Å². The first kappa shape index (κ1) is 18.3. The molecule has 0 atom stereocenters. The fourth-order valence-electron chi connectivity index (χ4n) is 1.64. The summed E-state index contributed by atoms with van der Waals surface area (Å²) in [5, 5.41) is 11.6. The molecule has 23 heavy (non-hydrogen) atoms. The maximum Gasteiger partial charge on any atom is 0.257 e. The molecule has 1 heterocycles. The third kappa shape index (κ3) is 4.97. The summed E-state index contributed by atoms with van der Waals surface area (Å²) in [6.07, 6.45) is 0.837. The average Bonchev–Trinajstić information content (AvgIpc) is 2.94. The third-order valence-electron chi connectivity index (χ3n) is 2.61. The molecule has 0 aliphatic rings. The number of nitrogens with one attached hydrogen (secondary N) is 1. The number of hydrogen-bond donors (Lipinski definition) is 1. The first-order valence-corrected chi connectivity index (χ1v) is 9.50. The average molecular weight is 392 g/mol. The van der Waals surface area contributed by atoms with Crippen molar-refractivity contribution < 1.29 is 9.53 Å². The van der Waals surface area contributed by atoms with E-state index >= 15 is 0 Å². The van der Waals surface area contributed by atoms with Crippen LogP contribution in [0.4, 0.5) is 5.13 Å². The van der Waals surface area contributed by atoms with E-state index in [0.717, 1.165) is 16.5 Å². The molecule has 0 bridgehead atoms. The zero-order valence-corrected chi connectivity index (χ0v) is 15.7. The fraction of sp³-hybridized carbons (Fsp3) is 0.357. The number of aromatic nitrogens is 2. The van der Waals surface area contributed by atoms with Crippen molar-refractivity contribution in [3.8, 4) is 5.75 Å². The van der Waals surface area contributed by atoms with Crippen LogP contribution in [0.1, 0.15) is 30.6 Å². The summed E-state index contributed by atoms with van der Waals surface area (Å²) in [4.78, 5) is 12.3. The van der Waals surface area contributed by atoms with Gasteiger partial charge < -0.3 is 4.74 Å². The van der Waals surface area contributed by atoms with Crippen LogP contribution in [0.5, 0.6) is 5.75 Å². The van der Waals surface area contributed by atoms with E-state index in [2.05, 4.69) is 15.5 Å². The van der Waals surface area contributed by atoms with Crippen molar-refractivity contribution in [2.45, 2.75) is 24.6 Å². The molecular formula is C14H15Cl2N3O2S2. The Hall–Kier alpha value is -1.02. The minimum Gasteiger partial charge on any atom is -0.490 e. The smallest absolute Gasteiger partial charge is 0.257 e. The SMILES string of the molecule is CCCOc1c(Cl)cc(C(=O)Nc2nnc(SCC)s2)cc1Cl. The number of hydrogen-bond acceptors (Lipinski definition) is 6. The van der Waals surface area contributed by atoms with E-state index in [0.29, 0.717) is 33.1 Å². The van der Waals surface area contributed by atoms with E-state index in [-0.39, 0.29) is 5.91 Å². The second kappa shape index (κ2) is 8.73. The van der Waals surface area contributed by atoms with Crippen molar-refractivity contribution in [3.63, 3.8) is 0 Å². The van der Waals surface area contributed by atoms with E-state index in [1.165, 1.54) is 23.5 Å². The summed E-state index contributed by atoms with van der Waals surface area (Å²) in [6, 6.07) is 3.05. The van der Waals surface area contributed by atoms with Crippen molar-refractivity contribution in [2.75, 3.05) is 17.7 Å². The molecule has 2 aromatic rings. The maximum atomic E-state index is 12.3. The van der Waals surface area contributed by atoms with Gasteiger partial charge in [-0.3, -0.25) is 10.1 Å². The Kier molecular flexibility index (Phi) is 6.95. The quantitative estimate of drug-likeness (QED) is 0.531. The van der Waals surface area contributed by atoms with Crippen LogP contribution in [0.25, 0.3) is 0 Å². The Morgan fingerprint density at radius 1 is 1.30 bits per heavy atom. The monoisotopic (exact) mass is 391 g/mol. The molecule has 1 amide bonds. The molecule has 2 rings (SSSR count). The maximum absolute atomic E-state index is 12.3. The number of nitrogens with zero attached hydrogens (tertiary/aromatic N) is 2. The third-order valence-corrected chi connectivity index (χ3v) is 5.02. The number of benzene rings is 1. The second-order valence-corrected chi connectivity index (χ2v) is 7.68. The summed E-state index contributed by atoms with van der Waals surface area (Å²) >= 11 is 15.2. The van der Waals surface area contributed by atoms with Crippen LogP contribution < -0.4 is 10.1 Å². The van der Waals surface area contributed by atoms with Crippen LogP contribution in [-0.2, 0) is 0 Å². The molecule has 0 saturated carbocycles. The Balaban J connectivity index is 2.12. The molecule has 124 valence electrons. The summed E-state index contributed by atoms with van der Waals surface area (Å²) in [7, 11) is 0. The van der Waals surface area contributed by atoms with Gasteiger partial charge in [0.25, 0.3) is 5.91 Å². The molecule has 0 aliphatic heterocycles. The lowest BCUT2D eigenvalue weighted by atomic mass is 10.2. The topological polar surface area (TPSA) is 64.1 Å². The van der Waals surface area contributed by atoms with Crippen LogP contribution in [0.15, 0.2) is 16.5 Å².